The predicted molar refractivity (Wildman–Crippen MR) is 80.9 cm³/mol. The molecule has 0 aliphatic rings. The van der Waals surface area contributed by atoms with Crippen molar-refractivity contribution in [2.75, 3.05) is 19.0 Å². The number of carbonyl (C=O) groups is 2. The third-order valence-corrected chi connectivity index (χ3v) is 3.22. The van der Waals surface area contributed by atoms with Crippen molar-refractivity contribution in [2.45, 2.75) is 0 Å². The van der Waals surface area contributed by atoms with Crippen molar-refractivity contribution >= 4 is 17.4 Å². The predicted octanol–water partition coefficient (Wildman–Crippen LogP) is 2.09. The quantitative estimate of drug-likeness (QED) is 0.748. The largest absolute Gasteiger partial charge is 0.508 e. The Balaban J connectivity index is 2.51. The summed E-state index contributed by atoms with van der Waals surface area (Å²) in [6.07, 6.45) is 0. The number of ketones is 1. The van der Waals surface area contributed by atoms with E-state index in [1.54, 1.807) is 25.1 Å². The number of phenolic OH excluding ortho intramolecular Hbond substituents is 2. The number of phenols is 2. The fraction of sp³-hybridized carbons (Fsp3) is 0.125. The van der Waals surface area contributed by atoms with Crippen LogP contribution in [0.1, 0.15) is 26.3 Å². The van der Waals surface area contributed by atoms with Crippen LogP contribution >= 0.6 is 0 Å². The molecule has 0 saturated carbocycles. The first-order valence-corrected chi connectivity index (χ1v) is 6.42. The SMILES string of the molecule is CN(C)c1ccc(C(=O)c2ccc(O)cc2C(=O)O)c(O)c1. The van der Waals surface area contributed by atoms with Gasteiger partial charge in [-0.2, -0.15) is 0 Å². The number of hydrogen-bond acceptors (Lipinski definition) is 5. The molecule has 0 aliphatic heterocycles. The monoisotopic (exact) mass is 301 g/mol. The van der Waals surface area contributed by atoms with Crippen molar-refractivity contribution in [3.63, 3.8) is 0 Å². The topological polar surface area (TPSA) is 98.1 Å². The van der Waals surface area contributed by atoms with Crippen LogP contribution in [0.4, 0.5) is 5.69 Å². The van der Waals surface area contributed by atoms with Gasteiger partial charge in [-0.25, -0.2) is 4.79 Å². The molecule has 2 aromatic rings. The van der Waals surface area contributed by atoms with E-state index in [1.165, 1.54) is 24.3 Å². The lowest BCUT2D eigenvalue weighted by atomic mass is 9.97. The molecule has 114 valence electrons. The van der Waals surface area contributed by atoms with Crippen molar-refractivity contribution in [1.29, 1.82) is 0 Å². The third-order valence-electron chi connectivity index (χ3n) is 3.22. The van der Waals surface area contributed by atoms with E-state index in [9.17, 15) is 19.8 Å². The number of nitrogens with zero attached hydrogens (tertiary/aromatic N) is 1. The maximum atomic E-state index is 12.5. The van der Waals surface area contributed by atoms with Gasteiger partial charge in [-0.1, -0.05) is 0 Å². The van der Waals surface area contributed by atoms with Crippen molar-refractivity contribution in [3.05, 3.63) is 53.1 Å². The summed E-state index contributed by atoms with van der Waals surface area (Å²) in [5.41, 5.74) is 0.288. The summed E-state index contributed by atoms with van der Waals surface area (Å²) in [5.74, 6) is -2.44. The lowest BCUT2D eigenvalue weighted by molar-refractivity contribution is 0.0692. The maximum Gasteiger partial charge on any atom is 0.336 e. The Morgan fingerprint density at radius 1 is 0.909 bits per heavy atom. The highest BCUT2D eigenvalue weighted by Crippen LogP contribution is 2.27. The van der Waals surface area contributed by atoms with Crippen LogP contribution < -0.4 is 4.90 Å². The number of aromatic hydroxyl groups is 2. The van der Waals surface area contributed by atoms with Gasteiger partial charge in [0.15, 0.2) is 5.78 Å². The normalized spacial score (nSPS) is 10.3. The van der Waals surface area contributed by atoms with Crippen molar-refractivity contribution in [2.24, 2.45) is 0 Å². The van der Waals surface area contributed by atoms with Crippen molar-refractivity contribution in [3.8, 4) is 11.5 Å². The number of aromatic carboxylic acids is 1. The molecule has 0 heterocycles. The van der Waals surface area contributed by atoms with Crippen LogP contribution in [0.3, 0.4) is 0 Å². The van der Waals surface area contributed by atoms with E-state index < -0.39 is 11.8 Å². The molecule has 3 N–H and O–H groups in total. The molecule has 0 atom stereocenters. The van der Waals surface area contributed by atoms with E-state index >= 15 is 0 Å². The Morgan fingerprint density at radius 3 is 2.09 bits per heavy atom. The van der Waals surface area contributed by atoms with Gasteiger partial charge >= 0.3 is 5.97 Å². The number of carbonyl (C=O) groups excluding carboxylic acids is 1. The molecule has 0 radical (unpaired) electrons. The van der Waals surface area contributed by atoms with Crippen LogP contribution in [0.2, 0.25) is 0 Å². The van der Waals surface area contributed by atoms with E-state index in [2.05, 4.69) is 0 Å². The Bertz CT molecular complexity index is 752. The van der Waals surface area contributed by atoms with Gasteiger partial charge in [-0.3, -0.25) is 4.79 Å². The number of hydrogen-bond donors (Lipinski definition) is 3. The van der Waals surface area contributed by atoms with Gasteiger partial charge in [0.1, 0.15) is 11.5 Å². The van der Waals surface area contributed by atoms with Crippen molar-refractivity contribution in [1.82, 2.24) is 0 Å². The first-order chi connectivity index (χ1) is 10.3. The molecule has 22 heavy (non-hydrogen) atoms. The first kappa shape index (κ1) is 15.4. The zero-order chi connectivity index (χ0) is 16.4. The van der Waals surface area contributed by atoms with Gasteiger partial charge in [0.2, 0.25) is 0 Å². The Hall–Kier alpha value is -3.02. The molecule has 0 spiro atoms. The minimum Gasteiger partial charge on any atom is -0.508 e. The van der Waals surface area contributed by atoms with E-state index in [0.717, 1.165) is 6.07 Å². The average Bonchev–Trinajstić information content (AvgIpc) is 2.46. The van der Waals surface area contributed by atoms with E-state index in [1.807, 2.05) is 0 Å². The fourth-order valence-corrected chi connectivity index (χ4v) is 2.04. The van der Waals surface area contributed by atoms with E-state index in [-0.39, 0.29) is 28.2 Å². The number of rotatable bonds is 4. The molecule has 0 amide bonds. The molecule has 2 rings (SSSR count). The average molecular weight is 301 g/mol. The molecule has 6 nitrogen and oxygen atoms in total. The number of anilines is 1. The zero-order valence-electron chi connectivity index (χ0n) is 12.1. The summed E-state index contributed by atoms with van der Waals surface area (Å²) in [6, 6.07) is 7.96. The maximum absolute atomic E-state index is 12.5. The minimum absolute atomic E-state index is 0.00112. The summed E-state index contributed by atoms with van der Waals surface area (Å²) in [6.45, 7) is 0. The highest BCUT2D eigenvalue weighted by molar-refractivity contribution is 6.15. The summed E-state index contributed by atoms with van der Waals surface area (Å²) in [4.78, 5) is 25.4. The summed E-state index contributed by atoms with van der Waals surface area (Å²) in [5, 5.41) is 28.5. The number of carboxylic acid groups (broad SMARTS) is 1. The third kappa shape index (κ3) is 2.85. The van der Waals surface area contributed by atoms with Gasteiger partial charge in [-0.05, 0) is 30.3 Å². The molecule has 0 bridgehead atoms. The number of carboxylic acids is 1. The molecule has 0 fully saturated rings. The molecule has 0 aromatic heterocycles. The highest BCUT2D eigenvalue weighted by atomic mass is 16.4. The summed E-state index contributed by atoms with van der Waals surface area (Å²) >= 11 is 0. The summed E-state index contributed by atoms with van der Waals surface area (Å²) < 4.78 is 0. The molecule has 0 saturated heterocycles. The smallest absolute Gasteiger partial charge is 0.336 e. The van der Waals surface area contributed by atoms with Crippen LogP contribution in [0, 0.1) is 0 Å². The molecule has 0 aliphatic carbocycles. The van der Waals surface area contributed by atoms with Crippen LogP contribution in [-0.2, 0) is 0 Å². The molecule has 2 aromatic carbocycles. The lowest BCUT2D eigenvalue weighted by Crippen LogP contribution is -2.11. The van der Waals surface area contributed by atoms with Crippen LogP contribution in [0.25, 0.3) is 0 Å². The Labute approximate surface area is 126 Å². The molecular formula is C16H15NO5. The lowest BCUT2D eigenvalue weighted by Gasteiger charge is -2.14. The van der Waals surface area contributed by atoms with Crippen LogP contribution in [0.15, 0.2) is 36.4 Å². The Morgan fingerprint density at radius 2 is 1.55 bits per heavy atom. The Kier molecular flexibility index (Phi) is 4.03. The van der Waals surface area contributed by atoms with Gasteiger partial charge < -0.3 is 20.2 Å². The van der Waals surface area contributed by atoms with Crippen molar-refractivity contribution < 1.29 is 24.9 Å². The van der Waals surface area contributed by atoms with Crippen LogP contribution in [-0.4, -0.2) is 41.2 Å². The molecule has 0 unspecified atom stereocenters. The van der Waals surface area contributed by atoms with Gasteiger partial charge in [0, 0.05) is 31.4 Å². The minimum atomic E-state index is -1.33. The first-order valence-electron chi connectivity index (χ1n) is 6.42. The molecular weight excluding hydrogens is 286 g/mol. The highest BCUT2D eigenvalue weighted by Gasteiger charge is 2.21. The standard InChI is InChI=1S/C16H15NO5/c1-17(2)9-3-5-12(14(19)7-9)15(20)11-6-4-10(18)8-13(11)16(21)22/h3-8,18-19H,1-2H3,(H,21,22). The van der Waals surface area contributed by atoms with Gasteiger partial charge in [0.05, 0.1) is 11.1 Å². The fourth-order valence-electron chi connectivity index (χ4n) is 2.04. The second kappa shape index (κ2) is 5.77. The molecule has 6 heteroatoms. The number of benzene rings is 2. The second-order valence-corrected chi connectivity index (χ2v) is 4.96. The summed E-state index contributed by atoms with van der Waals surface area (Å²) in [7, 11) is 3.58. The van der Waals surface area contributed by atoms with E-state index in [0.29, 0.717) is 5.69 Å². The van der Waals surface area contributed by atoms with Gasteiger partial charge in [0.25, 0.3) is 0 Å². The van der Waals surface area contributed by atoms with Crippen LogP contribution in [0.5, 0.6) is 11.5 Å². The van der Waals surface area contributed by atoms with Gasteiger partial charge in [-0.15, -0.1) is 0 Å². The second-order valence-electron chi connectivity index (χ2n) is 4.96. The van der Waals surface area contributed by atoms with E-state index in [4.69, 9.17) is 5.11 Å². The zero-order valence-corrected chi connectivity index (χ0v) is 12.1.